The van der Waals surface area contributed by atoms with Gasteiger partial charge in [-0.05, 0) is 60.6 Å². The van der Waals surface area contributed by atoms with Crippen LogP contribution in [0.3, 0.4) is 0 Å². The number of nitrogens with zero attached hydrogens (tertiary/aromatic N) is 1. The van der Waals surface area contributed by atoms with E-state index < -0.39 is 31.7 Å². The largest absolute Gasteiger partial charge is 0.323 e. The summed E-state index contributed by atoms with van der Waals surface area (Å²) >= 11 is 0. The van der Waals surface area contributed by atoms with E-state index in [0.717, 1.165) is 19.6 Å². The third-order valence-corrected chi connectivity index (χ3v) is 10.6. The Morgan fingerprint density at radius 2 is 1.16 bits per heavy atom. The lowest BCUT2D eigenvalue weighted by molar-refractivity contribution is -0.126. The maximum Gasteiger partial charge on any atom is 0.298 e. The minimum absolute atomic E-state index is 0.252. The summed E-state index contributed by atoms with van der Waals surface area (Å²) in [4.78, 5) is 15.8. The molecule has 0 radical (unpaired) electrons. The van der Waals surface area contributed by atoms with Gasteiger partial charge in [-0.3, -0.25) is 4.79 Å². The van der Waals surface area contributed by atoms with Crippen LogP contribution in [-0.2, 0) is 18.5 Å². The van der Waals surface area contributed by atoms with Crippen molar-refractivity contribution in [1.82, 2.24) is 4.90 Å². The molecule has 3 rings (SSSR count). The van der Waals surface area contributed by atoms with Crippen molar-refractivity contribution < 1.29 is 16.8 Å². The standard InChI is InChI=1S/C25H27NO4S2/c1-20(2)25(27)26(4)21(3)32(28,29)30-31(22-14-8-5-9-15-22,23-16-10-6-11-17-23)24-18-12-7-13-19-24/h5-19,21H,1H2,2-4H3. The molecule has 0 N–H and O–H groups in total. The van der Waals surface area contributed by atoms with Crippen molar-refractivity contribution in [1.29, 1.82) is 0 Å². The molecule has 1 amide bonds. The van der Waals surface area contributed by atoms with Crippen LogP contribution in [0.4, 0.5) is 0 Å². The van der Waals surface area contributed by atoms with Crippen molar-refractivity contribution in [2.75, 3.05) is 7.05 Å². The van der Waals surface area contributed by atoms with Crippen LogP contribution < -0.4 is 0 Å². The monoisotopic (exact) mass is 469 g/mol. The van der Waals surface area contributed by atoms with E-state index in [2.05, 4.69) is 6.58 Å². The average molecular weight is 470 g/mol. The molecular weight excluding hydrogens is 442 g/mol. The highest BCUT2D eigenvalue weighted by Crippen LogP contribution is 2.70. The lowest BCUT2D eigenvalue weighted by atomic mass is 10.3. The van der Waals surface area contributed by atoms with Crippen molar-refractivity contribution in [3.63, 3.8) is 0 Å². The molecule has 0 bridgehead atoms. The molecule has 1 unspecified atom stereocenters. The van der Waals surface area contributed by atoms with Crippen LogP contribution in [-0.4, -0.2) is 31.6 Å². The molecule has 0 saturated heterocycles. The Labute approximate surface area is 192 Å². The van der Waals surface area contributed by atoms with Gasteiger partial charge < -0.3 is 4.90 Å². The van der Waals surface area contributed by atoms with Gasteiger partial charge in [-0.2, -0.15) is 8.42 Å². The number of hydrogen-bond donors (Lipinski definition) is 0. The molecule has 0 spiro atoms. The molecular formula is C25H27NO4S2. The second-order valence-corrected chi connectivity index (χ2v) is 12.1. The number of benzene rings is 3. The van der Waals surface area contributed by atoms with Gasteiger partial charge in [-0.15, -0.1) is 0 Å². The highest BCUT2D eigenvalue weighted by atomic mass is 32.3. The maximum absolute atomic E-state index is 13.6. The van der Waals surface area contributed by atoms with Gasteiger partial charge in [0.25, 0.3) is 10.1 Å². The zero-order chi connectivity index (χ0) is 23.4. The molecule has 0 aliphatic rings. The van der Waals surface area contributed by atoms with Gasteiger partial charge >= 0.3 is 0 Å². The minimum atomic E-state index is -4.24. The Morgan fingerprint density at radius 3 is 1.47 bits per heavy atom. The molecule has 1 atom stereocenters. The van der Waals surface area contributed by atoms with Crippen LogP contribution in [0.1, 0.15) is 13.8 Å². The molecule has 3 aromatic rings. The van der Waals surface area contributed by atoms with E-state index in [0.29, 0.717) is 0 Å². The summed E-state index contributed by atoms with van der Waals surface area (Å²) in [5.74, 6) is -0.454. The molecule has 0 aromatic heterocycles. The topological polar surface area (TPSA) is 63.7 Å². The molecule has 32 heavy (non-hydrogen) atoms. The molecule has 168 valence electrons. The van der Waals surface area contributed by atoms with E-state index in [1.165, 1.54) is 14.0 Å². The molecule has 0 saturated carbocycles. The first kappa shape index (κ1) is 23.8. The van der Waals surface area contributed by atoms with Crippen LogP contribution in [0.5, 0.6) is 0 Å². The smallest absolute Gasteiger partial charge is 0.298 e. The molecule has 0 aliphatic carbocycles. The zero-order valence-electron chi connectivity index (χ0n) is 18.3. The molecule has 3 aromatic carbocycles. The SMILES string of the molecule is C=C(C)C(=O)N(C)C(C)S(=O)(=O)OS(c1ccccc1)(c1ccccc1)c1ccccc1. The number of amides is 1. The fourth-order valence-electron chi connectivity index (χ4n) is 3.22. The fourth-order valence-corrected chi connectivity index (χ4v) is 8.68. The van der Waals surface area contributed by atoms with E-state index in [9.17, 15) is 13.2 Å². The maximum atomic E-state index is 13.6. The summed E-state index contributed by atoms with van der Waals surface area (Å²) < 4.78 is 33.4. The number of likely N-dealkylation sites (N-methyl/N-ethyl adjacent to an activating group) is 1. The summed E-state index contributed by atoms with van der Waals surface area (Å²) in [6, 6.07) is 28.0. The normalized spacial score (nSPS) is 13.2. The number of rotatable bonds is 8. The van der Waals surface area contributed by atoms with Gasteiger partial charge in [0, 0.05) is 27.3 Å². The van der Waals surface area contributed by atoms with Gasteiger partial charge in [-0.25, -0.2) is 3.63 Å². The van der Waals surface area contributed by atoms with Crippen LogP contribution in [0.25, 0.3) is 0 Å². The Morgan fingerprint density at radius 1 is 0.812 bits per heavy atom. The summed E-state index contributed by atoms with van der Waals surface area (Å²) in [6.07, 6.45) is 0. The van der Waals surface area contributed by atoms with Gasteiger partial charge in [-0.1, -0.05) is 61.2 Å². The van der Waals surface area contributed by atoms with Crippen LogP contribution >= 0.6 is 10.3 Å². The fraction of sp³-hybridized carbons (Fsp3) is 0.160. The zero-order valence-corrected chi connectivity index (χ0v) is 20.0. The first-order chi connectivity index (χ1) is 15.2. The van der Waals surface area contributed by atoms with Crippen molar-refractivity contribution in [3.05, 3.63) is 103 Å². The molecule has 7 heteroatoms. The Kier molecular flexibility index (Phi) is 7.23. The van der Waals surface area contributed by atoms with Crippen LogP contribution in [0, 0.1) is 0 Å². The van der Waals surface area contributed by atoms with Gasteiger partial charge in [0.2, 0.25) is 5.91 Å². The predicted molar refractivity (Wildman–Crippen MR) is 129 cm³/mol. The van der Waals surface area contributed by atoms with E-state index in [1.54, 1.807) is 6.92 Å². The summed E-state index contributed by atoms with van der Waals surface area (Å²) in [7, 11) is -5.46. The summed E-state index contributed by atoms with van der Waals surface area (Å²) in [5, 5.41) is -1.21. The predicted octanol–water partition coefficient (Wildman–Crippen LogP) is 5.61. The third kappa shape index (κ3) is 4.65. The van der Waals surface area contributed by atoms with Crippen molar-refractivity contribution in [2.24, 2.45) is 0 Å². The van der Waals surface area contributed by atoms with Gasteiger partial charge in [0.1, 0.15) is 0 Å². The van der Waals surface area contributed by atoms with Crippen LogP contribution in [0.15, 0.2) is 118 Å². The van der Waals surface area contributed by atoms with E-state index in [-0.39, 0.29) is 5.57 Å². The number of carbonyl (C=O) groups excluding carboxylic acids is 1. The summed E-state index contributed by atoms with van der Waals surface area (Å²) in [6.45, 7) is 6.63. The van der Waals surface area contributed by atoms with Gasteiger partial charge in [0.05, 0.1) is 0 Å². The van der Waals surface area contributed by atoms with E-state index >= 15 is 0 Å². The minimum Gasteiger partial charge on any atom is -0.323 e. The Balaban J connectivity index is 2.24. The highest BCUT2D eigenvalue weighted by molar-refractivity contribution is 8.33. The highest BCUT2D eigenvalue weighted by Gasteiger charge is 2.41. The first-order valence-corrected chi connectivity index (χ1v) is 13.1. The van der Waals surface area contributed by atoms with Gasteiger partial charge in [0.15, 0.2) is 5.37 Å². The molecule has 0 heterocycles. The molecule has 5 nitrogen and oxygen atoms in total. The quantitative estimate of drug-likeness (QED) is 0.402. The molecule has 0 fully saturated rings. The Bertz CT molecular complexity index is 1080. The van der Waals surface area contributed by atoms with E-state index in [1.807, 2.05) is 91.0 Å². The van der Waals surface area contributed by atoms with Crippen molar-refractivity contribution >= 4 is 26.3 Å². The van der Waals surface area contributed by atoms with Crippen LogP contribution in [0.2, 0.25) is 0 Å². The second kappa shape index (κ2) is 9.73. The Hall–Kier alpha value is -2.87. The average Bonchev–Trinajstić information content (AvgIpc) is 2.82. The van der Waals surface area contributed by atoms with Crippen molar-refractivity contribution in [3.8, 4) is 0 Å². The number of carbonyl (C=O) groups is 1. The second-order valence-electron chi connectivity index (χ2n) is 7.35. The third-order valence-electron chi connectivity index (χ3n) is 5.07. The number of hydrogen-bond acceptors (Lipinski definition) is 4. The van der Waals surface area contributed by atoms with E-state index in [4.69, 9.17) is 3.63 Å². The lowest BCUT2D eigenvalue weighted by Gasteiger charge is -2.40. The lowest BCUT2D eigenvalue weighted by Crippen LogP contribution is -2.41. The summed E-state index contributed by atoms with van der Waals surface area (Å²) in [5.41, 5.74) is 0.252. The molecule has 0 aliphatic heterocycles. The first-order valence-electron chi connectivity index (χ1n) is 10.1. The van der Waals surface area contributed by atoms with Crippen molar-refractivity contribution in [2.45, 2.75) is 33.9 Å².